The lowest BCUT2D eigenvalue weighted by Crippen LogP contribution is -1.99. The summed E-state index contributed by atoms with van der Waals surface area (Å²) in [6.45, 7) is 0. The predicted molar refractivity (Wildman–Crippen MR) is 173 cm³/mol. The normalized spacial score (nSPS) is 11.8. The van der Waals surface area contributed by atoms with E-state index in [0.29, 0.717) is 0 Å². The van der Waals surface area contributed by atoms with Crippen molar-refractivity contribution in [3.05, 3.63) is 128 Å². The van der Waals surface area contributed by atoms with Gasteiger partial charge in [-0.1, -0.05) is 54.6 Å². The standard InChI is InChI=1S/C36H21N5S/c1-2-12-32-24(9-1)25-14-15-26-33-31(16-13-22-8-7-19-39-34(22)33)41(35(26)36(25)42-32)23-20-29(27-10-3-5-17-37-27)40-30(21-23)28-11-4-6-18-38-28/h1-21H. The van der Waals surface area contributed by atoms with Crippen molar-refractivity contribution in [1.82, 2.24) is 24.5 Å². The van der Waals surface area contributed by atoms with Crippen LogP contribution in [0.3, 0.4) is 0 Å². The van der Waals surface area contributed by atoms with Gasteiger partial charge < -0.3 is 4.57 Å². The third kappa shape index (κ3) is 3.42. The summed E-state index contributed by atoms with van der Waals surface area (Å²) in [6.07, 6.45) is 5.50. The lowest BCUT2D eigenvalue weighted by molar-refractivity contribution is 1.15. The predicted octanol–water partition coefficient (Wildman–Crippen LogP) is 9.22. The fraction of sp³-hybridized carbons (Fsp3) is 0. The largest absolute Gasteiger partial charge is 0.308 e. The van der Waals surface area contributed by atoms with Crippen molar-refractivity contribution in [2.24, 2.45) is 0 Å². The minimum Gasteiger partial charge on any atom is -0.308 e. The van der Waals surface area contributed by atoms with E-state index in [-0.39, 0.29) is 0 Å². The molecule has 6 aromatic heterocycles. The number of thiophene rings is 1. The Balaban J connectivity index is 1.48. The highest BCUT2D eigenvalue weighted by atomic mass is 32.1. The summed E-state index contributed by atoms with van der Waals surface area (Å²) < 4.78 is 4.92. The van der Waals surface area contributed by atoms with Gasteiger partial charge in [0.1, 0.15) is 0 Å². The van der Waals surface area contributed by atoms with Crippen LogP contribution in [-0.4, -0.2) is 24.5 Å². The number of hydrogen-bond acceptors (Lipinski definition) is 5. The van der Waals surface area contributed by atoms with Crippen LogP contribution < -0.4 is 0 Å². The van der Waals surface area contributed by atoms with Crippen molar-refractivity contribution in [2.75, 3.05) is 0 Å². The Morgan fingerprint density at radius 3 is 2.02 bits per heavy atom. The van der Waals surface area contributed by atoms with Crippen molar-refractivity contribution >= 4 is 64.2 Å². The fourth-order valence-corrected chi connectivity index (χ4v) is 7.35. The van der Waals surface area contributed by atoms with Crippen LogP contribution in [0, 0.1) is 0 Å². The first kappa shape index (κ1) is 23.3. The van der Waals surface area contributed by atoms with Crippen molar-refractivity contribution in [3.8, 4) is 28.5 Å². The molecule has 0 saturated heterocycles. The maximum atomic E-state index is 5.04. The van der Waals surface area contributed by atoms with E-state index in [4.69, 9.17) is 9.97 Å². The first-order valence-electron chi connectivity index (χ1n) is 13.8. The molecule has 0 radical (unpaired) electrons. The van der Waals surface area contributed by atoms with Gasteiger partial charge in [0, 0.05) is 50.2 Å². The Hall–Kier alpha value is -5.46. The summed E-state index contributed by atoms with van der Waals surface area (Å²) in [5, 5.41) is 5.99. The van der Waals surface area contributed by atoms with Gasteiger partial charge in [0.2, 0.25) is 0 Å². The maximum absolute atomic E-state index is 5.04. The zero-order valence-corrected chi connectivity index (χ0v) is 23.1. The Morgan fingerprint density at radius 1 is 0.548 bits per heavy atom. The molecule has 6 heteroatoms. The summed E-state index contributed by atoms with van der Waals surface area (Å²) in [5.41, 5.74) is 7.51. The second kappa shape index (κ2) is 9.03. The van der Waals surface area contributed by atoms with Crippen molar-refractivity contribution in [2.45, 2.75) is 0 Å². The average molecular weight is 556 g/mol. The Morgan fingerprint density at radius 2 is 1.26 bits per heavy atom. The summed E-state index contributed by atoms with van der Waals surface area (Å²) in [7, 11) is 0. The first-order chi connectivity index (χ1) is 20.8. The molecule has 0 atom stereocenters. The van der Waals surface area contributed by atoms with E-state index in [0.717, 1.165) is 50.3 Å². The molecule has 5 nitrogen and oxygen atoms in total. The number of nitrogens with zero attached hydrogens (tertiary/aromatic N) is 5. The van der Waals surface area contributed by atoms with Crippen LogP contribution in [-0.2, 0) is 0 Å². The summed E-state index contributed by atoms with van der Waals surface area (Å²) in [6, 6.07) is 37.9. The highest BCUT2D eigenvalue weighted by Gasteiger charge is 2.21. The molecule has 0 aliphatic heterocycles. The Labute approximate surface area is 244 Å². The molecule has 196 valence electrons. The first-order valence-corrected chi connectivity index (χ1v) is 14.6. The molecule has 0 aliphatic rings. The quantitative estimate of drug-likeness (QED) is 0.218. The number of benzene rings is 3. The number of fused-ring (bicyclic) bond motifs is 9. The van der Waals surface area contributed by atoms with E-state index in [9.17, 15) is 0 Å². The van der Waals surface area contributed by atoms with Gasteiger partial charge in [-0.2, -0.15) is 0 Å². The van der Waals surface area contributed by atoms with Crippen molar-refractivity contribution in [3.63, 3.8) is 0 Å². The number of rotatable bonds is 3. The summed E-state index contributed by atoms with van der Waals surface area (Å²) >= 11 is 1.84. The van der Waals surface area contributed by atoms with Crippen molar-refractivity contribution < 1.29 is 0 Å². The second-order valence-corrected chi connectivity index (χ2v) is 11.4. The van der Waals surface area contributed by atoms with Crippen LogP contribution in [0.25, 0.3) is 81.3 Å². The molecule has 0 saturated carbocycles. The monoisotopic (exact) mass is 555 g/mol. The molecule has 9 aromatic rings. The molecule has 0 aliphatic carbocycles. The van der Waals surface area contributed by atoms with E-state index in [1.165, 1.54) is 31.1 Å². The van der Waals surface area contributed by atoms with Crippen LogP contribution in [0.2, 0.25) is 0 Å². The lowest BCUT2D eigenvalue weighted by Gasteiger charge is -2.13. The molecule has 0 unspecified atom stereocenters. The van der Waals surface area contributed by atoms with Crippen LogP contribution in [0.15, 0.2) is 128 Å². The molecule has 3 aromatic carbocycles. The zero-order valence-electron chi connectivity index (χ0n) is 22.3. The smallest absolute Gasteiger partial charge is 0.0915 e. The Bertz CT molecular complexity index is 2400. The van der Waals surface area contributed by atoms with E-state index in [1.54, 1.807) is 0 Å². The molecule has 6 heterocycles. The van der Waals surface area contributed by atoms with Gasteiger partial charge in [0.15, 0.2) is 0 Å². The third-order valence-electron chi connectivity index (χ3n) is 7.93. The van der Waals surface area contributed by atoms with E-state index < -0.39 is 0 Å². The van der Waals surface area contributed by atoms with Gasteiger partial charge >= 0.3 is 0 Å². The minimum absolute atomic E-state index is 0.797. The van der Waals surface area contributed by atoms with Gasteiger partial charge in [0.05, 0.1) is 49.7 Å². The molecule has 0 bridgehead atoms. The summed E-state index contributed by atoms with van der Waals surface area (Å²) in [5.74, 6) is 0. The van der Waals surface area contributed by atoms with Gasteiger partial charge in [-0.3, -0.25) is 15.0 Å². The van der Waals surface area contributed by atoms with Gasteiger partial charge in [-0.25, -0.2) is 4.98 Å². The van der Waals surface area contributed by atoms with Crippen molar-refractivity contribution in [1.29, 1.82) is 0 Å². The second-order valence-electron chi connectivity index (χ2n) is 10.3. The van der Waals surface area contributed by atoms with Crippen LogP contribution >= 0.6 is 11.3 Å². The zero-order chi connectivity index (χ0) is 27.6. The van der Waals surface area contributed by atoms with E-state index in [1.807, 2.05) is 72.4 Å². The van der Waals surface area contributed by atoms with Gasteiger partial charge in [0.25, 0.3) is 0 Å². The van der Waals surface area contributed by atoms with Crippen LogP contribution in [0.5, 0.6) is 0 Å². The molecule has 0 fully saturated rings. The SMILES string of the molecule is c1ccc(-c2cc(-n3c4ccc5cccnc5c4c4ccc5c6ccccc6sc5c43)cc(-c3ccccn3)n2)nc1. The van der Waals surface area contributed by atoms with Crippen LogP contribution in [0.1, 0.15) is 0 Å². The van der Waals surface area contributed by atoms with E-state index in [2.05, 4.69) is 81.3 Å². The average Bonchev–Trinajstić information content (AvgIpc) is 3.61. The van der Waals surface area contributed by atoms with Gasteiger partial charge in [-0.15, -0.1) is 11.3 Å². The molecular formula is C36H21N5S. The number of pyridine rings is 4. The lowest BCUT2D eigenvalue weighted by atomic mass is 10.1. The van der Waals surface area contributed by atoms with E-state index >= 15 is 0 Å². The fourth-order valence-electron chi connectivity index (χ4n) is 6.11. The molecule has 0 amide bonds. The third-order valence-corrected chi connectivity index (χ3v) is 9.12. The molecule has 0 spiro atoms. The Kier molecular flexibility index (Phi) is 5.00. The molecular weight excluding hydrogens is 534 g/mol. The highest BCUT2D eigenvalue weighted by Crippen LogP contribution is 2.44. The number of hydrogen-bond donors (Lipinski definition) is 0. The van der Waals surface area contributed by atoms with Crippen LogP contribution in [0.4, 0.5) is 0 Å². The molecule has 9 rings (SSSR count). The maximum Gasteiger partial charge on any atom is 0.0915 e. The highest BCUT2D eigenvalue weighted by molar-refractivity contribution is 7.26. The van der Waals surface area contributed by atoms with Gasteiger partial charge in [-0.05, 0) is 54.6 Å². The minimum atomic E-state index is 0.797. The molecule has 0 N–H and O–H groups in total. The molecule has 42 heavy (non-hydrogen) atoms. The summed E-state index contributed by atoms with van der Waals surface area (Å²) in [4.78, 5) is 19.2. The topological polar surface area (TPSA) is 56.5 Å². The number of aromatic nitrogens is 5.